The van der Waals surface area contributed by atoms with E-state index in [0.29, 0.717) is 49.7 Å². The number of benzene rings is 6. The molecule has 15 fully saturated rings. The number of likely N-dealkylation sites (tertiary alicyclic amines) is 3. The Morgan fingerprint density at radius 2 is 0.795 bits per heavy atom. The highest BCUT2D eigenvalue weighted by Crippen LogP contribution is 2.80. The zero-order valence-corrected chi connectivity index (χ0v) is 71.1. The first-order valence-corrected chi connectivity index (χ1v) is 45.9. The fourth-order valence-corrected chi connectivity index (χ4v) is 29.9. The standard InChI is InChI=1S/C34H43NO5.C34H41NO3.C25H33NO3.C9H9Cl/c1-21-3-8-25-15-28-32-11-12-34(38-2,26(16-32)20-39-19-23-6-9-24(10-7-23)27(37)18-36)31-33(32,29(25)30(21)40-31)13-14-35(28)17-22-4-5-22;1-4-23-6-10-25(11-7-23)20-37-21-27-18-32-13-14-34(27,36-3)31-33(32)15-16-35(19-24-8-9-24)28(32)17-26-12-5-22(2)30(38-31)29(26)33;1-15-3-6-17-11-19-23-7-8-25(28-2,18(12-23)14-27)22-24(23,20(17)21(15)29-22)9-10-26(19)13-16-4-5-16;1-2-8-3-5-9(7-10)6-4-8/h3,6-10,22,26-28,31,36-37H,4-5,11-20H2,1-2H3;4-7,10-12,24,27-28,31H,1,8-9,13-21H2,2-3H3;3,6,16,18-19,22,27H,4-5,7-14H2,1-2H3;2-6H,1,7H2/t26-,27?,28-,31-,32-,33+,34-;27-,28-,31-,32-,33+,34-;18-,19-,22-,23-,24+,25-;/m111./s1. The second-order valence-corrected chi connectivity index (χ2v) is 40.5. The molecule has 3 N–H and O–H groups in total. The maximum absolute atomic E-state index is 10.5. The molecule has 3 saturated heterocycles. The summed E-state index contributed by atoms with van der Waals surface area (Å²) in [6, 6.07) is 40.2. The van der Waals surface area contributed by atoms with E-state index in [-0.39, 0.29) is 92.7 Å². The number of fused-ring (bicyclic) bond motifs is 6. The second kappa shape index (κ2) is 29.1. The van der Waals surface area contributed by atoms with E-state index < -0.39 is 6.10 Å². The van der Waals surface area contributed by atoms with Gasteiger partial charge in [0.15, 0.2) is 0 Å². The molecule has 6 spiro atoms. The highest BCUT2D eigenvalue weighted by atomic mass is 35.5. The summed E-state index contributed by atoms with van der Waals surface area (Å²) in [6.45, 7) is 24.1. The number of aryl methyl sites for hydroxylation is 3. The fraction of sp³-hybridized carbons (Fsp3) is 0.608. The quantitative estimate of drug-likeness (QED) is 0.0523. The van der Waals surface area contributed by atoms with Crippen LogP contribution in [-0.2, 0) is 78.3 Å². The topological polar surface area (TPSA) is 144 Å². The summed E-state index contributed by atoms with van der Waals surface area (Å²) >= 11 is 5.60. The molecule has 1 unspecified atom stereocenters. The smallest absolute Gasteiger partial charge is 0.138 e. The predicted octanol–water partition coefficient (Wildman–Crippen LogP) is 16.8. The number of aliphatic hydroxyl groups is 3. The molecule has 0 aromatic heterocycles. The summed E-state index contributed by atoms with van der Waals surface area (Å²) in [4.78, 5) is 8.68. The van der Waals surface area contributed by atoms with Crippen LogP contribution in [0.5, 0.6) is 17.2 Å². The third-order valence-corrected chi connectivity index (χ3v) is 35.9. The second-order valence-electron chi connectivity index (χ2n) is 40.2. The van der Waals surface area contributed by atoms with Gasteiger partial charge in [0.05, 0.1) is 33.0 Å². The number of hydrogen-bond acceptors (Lipinski definition) is 14. The van der Waals surface area contributed by atoms with Gasteiger partial charge in [0.1, 0.15) is 58.5 Å². The number of halogens is 1. The largest absolute Gasteiger partial charge is 0.486 e. The summed E-state index contributed by atoms with van der Waals surface area (Å²) in [5, 5.41) is 29.6. The summed E-state index contributed by atoms with van der Waals surface area (Å²) < 4.78 is 53.9. The van der Waals surface area contributed by atoms with Crippen molar-refractivity contribution >= 4 is 23.8 Å². The van der Waals surface area contributed by atoms with Crippen LogP contribution in [0.15, 0.2) is 122 Å². The number of aliphatic hydroxyl groups excluding tert-OH is 3. The van der Waals surface area contributed by atoms with E-state index >= 15 is 0 Å². The van der Waals surface area contributed by atoms with Gasteiger partial charge in [-0.25, -0.2) is 0 Å². The van der Waals surface area contributed by atoms with Crippen LogP contribution in [0.25, 0.3) is 12.2 Å². The normalized spacial score (nSPS) is 37.6. The third kappa shape index (κ3) is 11.2. The van der Waals surface area contributed by atoms with Crippen molar-refractivity contribution in [1.29, 1.82) is 0 Å². The van der Waals surface area contributed by atoms with Crippen molar-refractivity contribution in [2.75, 3.05) is 87.0 Å². The van der Waals surface area contributed by atoms with E-state index in [4.69, 9.17) is 49.5 Å². The van der Waals surface area contributed by atoms with Gasteiger partial charge in [0.2, 0.25) is 0 Å². The number of hydrogen-bond donors (Lipinski definition) is 3. The SMILES string of the molecule is C=Cc1ccc(CCl)cc1.C=Cc1ccc(COC[C@H]2C[C@@]34CC[C@]2(OC)[C@@H]2Oc5c(C)ccc6c5[C@@]23CCN(CC2CC2)[C@@H]4C6)cc1.CO[C@]12CC[C@@]3(C[C@@H]1CO)[C@H]1Cc4ccc(C)c5c4[C@@]3(CCN1CC1CC1)[C@H]2O5.CO[C@]12CC[C@@]3(C[C@@H]1COCc1ccc(C(O)CO)cc1)[C@H]1Cc4ccc(C)c5c4[C@@]3(CCN1CC1CC1)[C@H]2O5. The van der Waals surface area contributed by atoms with Gasteiger partial charge in [-0.05, 0) is 260 Å². The number of nitrogens with zero attached hydrogens (tertiary/aromatic N) is 3. The Hall–Kier alpha value is -5.95. The summed E-state index contributed by atoms with van der Waals surface area (Å²) in [7, 11) is 5.72. The third-order valence-electron chi connectivity index (χ3n) is 35.6. The molecule has 0 radical (unpaired) electrons. The number of piperidine rings is 3. The minimum atomic E-state index is -0.838. The summed E-state index contributed by atoms with van der Waals surface area (Å²) in [5.41, 5.74) is 19.4. The van der Waals surface area contributed by atoms with Gasteiger partial charge in [-0.3, -0.25) is 14.7 Å². The van der Waals surface area contributed by atoms with Gasteiger partial charge in [-0.1, -0.05) is 135 Å². The minimum absolute atomic E-state index is 0.0424. The van der Waals surface area contributed by atoms with Gasteiger partial charge in [0.25, 0.3) is 0 Å². The number of rotatable bonds is 23. The lowest BCUT2D eigenvalue weighted by Gasteiger charge is -2.74. The molecule has 19 atom stereocenters. The van der Waals surface area contributed by atoms with Crippen molar-refractivity contribution < 1.29 is 53.2 Å². The first-order valence-electron chi connectivity index (χ1n) is 45.4. The van der Waals surface area contributed by atoms with Crippen LogP contribution >= 0.6 is 11.6 Å². The average molecular weight is 1610 g/mol. The van der Waals surface area contributed by atoms with Gasteiger partial charge >= 0.3 is 0 Å². The Kier molecular flexibility index (Phi) is 19.5. The molecule has 12 saturated carbocycles. The molecule has 27 rings (SSSR count). The van der Waals surface area contributed by atoms with Gasteiger partial charge in [0, 0.05) is 139 Å². The van der Waals surface area contributed by atoms with Crippen molar-refractivity contribution in [2.45, 2.75) is 250 Å². The molecule has 0 amide bonds. The van der Waals surface area contributed by atoms with E-state index in [1.807, 2.05) is 82.0 Å². The Labute approximate surface area is 699 Å². The van der Waals surface area contributed by atoms with Crippen molar-refractivity contribution in [3.05, 3.63) is 206 Å². The van der Waals surface area contributed by atoms with Crippen LogP contribution in [-0.4, -0.2) is 170 Å². The van der Waals surface area contributed by atoms with E-state index in [0.717, 1.165) is 109 Å². The first-order chi connectivity index (χ1) is 57.0. The van der Waals surface area contributed by atoms with Gasteiger partial charge in [-0.2, -0.15) is 0 Å². The molecule has 622 valence electrons. The van der Waals surface area contributed by atoms with E-state index in [1.165, 1.54) is 168 Å². The van der Waals surface area contributed by atoms with E-state index in [9.17, 15) is 15.3 Å². The molecule has 6 heterocycles. The highest BCUT2D eigenvalue weighted by Gasteiger charge is 2.84. The minimum Gasteiger partial charge on any atom is -0.486 e. The van der Waals surface area contributed by atoms with Crippen LogP contribution < -0.4 is 14.2 Å². The monoisotopic (exact) mass is 1600 g/mol. The molecule has 6 aromatic carbocycles. The van der Waals surface area contributed by atoms with Crippen LogP contribution in [0.4, 0.5) is 0 Å². The highest BCUT2D eigenvalue weighted by molar-refractivity contribution is 6.17. The van der Waals surface area contributed by atoms with Crippen LogP contribution in [0, 0.1) is 72.5 Å². The molecular weight excluding hydrogens is 1480 g/mol. The summed E-state index contributed by atoms with van der Waals surface area (Å²) in [6.07, 6.45) is 28.8. The van der Waals surface area contributed by atoms with Crippen LogP contribution in [0.3, 0.4) is 0 Å². The molecule has 15 heteroatoms. The maximum Gasteiger partial charge on any atom is 0.138 e. The van der Waals surface area contributed by atoms with E-state index in [1.54, 1.807) is 22.3 Å². The Morgan fingerprint density at radius 3 is 1.12 bits per heavy atom. The molecular formula is C102H126ClN3O11. The lowest BCUT2D eigenvalue weighted by Crippen LogP contribution is -2.81. The number of methoxy groups -OCH3 is 3. The molecule has 12 bridgehead atoms. The zero-order valence-electron chi connectivity index (χ0n) is 70.3. The zero-order chi connectivity index (χ0) is 80.0. The lowest BCUT2D eigenvalue weighted by molar-refractivity contribution is -0.283. The van der Waals surface area contributed by atoms with Gasteiger partial charge < -0.3 is 53.2 Å². The molecule has 6 aromatic rings. The van der Waals surface area contributed by atoms with Crippen molar-refractivity contribution in [1.82, 2.24) is 14.7 Å². The van der Waals surface area contributed by atoms with Crippen LogP contribution in [0.1, 0.15) is 205 Å². The van der Waals surface area contributed by atoms with Crippen LogP contribution in [0.2, 0.25) is 0 Å². The lowest BCUT2D eigenvalue weighted by atomic mass is 9.35. The van der Waals surface area contributed by atoms with Crippen molar-refractivity contribution in [3.8, 4) is 17.2 Å². The Bertz CT molecular complexity index is 4810. The van der Waals surface area contributed by atoms with E-state index in [2.05, 4.69) is 109 Å². The number of ether oxygens (including phenoxy) is 8. The van der Waals surface area contributed by atoms with Gasteiger partial charge in [-0.15, -0.1) is 11.6 Å². The Morgan fingerprint density at radius 1 is 0.453 bits per heavy atom. The molecule has 15 aliphatic carbocycles. The molecule has 6 aliphatic heterocycles. The predicted molar refractivity (Wildman–Crippen MR) is 457 cm³/mol. The molecule has 117 heavy (non-hydrogen) atoms. The average Bonchev–Trinajstić information content (AvgIpc) is 1.57. The van der Waals surface area contributed by atoms with Crippen molar-refractivity contribution in [3.63, 3.8) is 0 Å². The summed E-state index contributed by atoms with van der Waals surface area (Å²) in [5.74, 6) is 7.63. The van der Waals surface area contributed by atoms with Crippen molar-refractivity contribution in [2.24, 2.45) is 51.8 Å². The molecule has 14 nitrogen and oxygen atoms in total. The Balaban J connectivity index is 0.000000104. The molecule has 21 aliphatic rings. The number of alkyl halides is 1. The first kappa shape index (κ1) is 78.3. The maximum atomic E-state index is 10.5. The fourth-order valence-electron chi connectivity index (χ4n) is 29.8.